The first-order valence-corrected chi connectivity index (χ1v) is 9.08. The normalized spacial score (nSPS) is 24.4. The van der Waals surface area contributed by atoms with E-state index in [9.17, 15) is 4.79 Å². The number of alkyl carbamates (subject to hydrolysis) is 1. The summed E-state index contributed by atoms with van der Waals surface area (Å²) in [7, 11) is 0. The van der Waals surface area contributed by atoms with Gasteiger partial charge in [0.05, 0.1) is 6.04 Å². The molecule has 1 unspecified atom stereocenters. The summed E-state index contributed by atoms with van der Waals surface area (Å²) in [5.74, 6) is 0. The highest BCUT2D eigenvalue weighted by molar-refractivity contribution is 5.68. The third kappa shape index (κ3) is 3.59. The van der Waals surface area contributed by atoms with Crippen molar-refractivity contribution in [2.24, 2.45) is 5.41 Å². The summed E-state index contributed by atoms with van der Waals surface area (Å²) < 4.78 is 5.47. The number of carbonyl (C=O) groups is 1. The number of hydrogen-bond donors (Lipinski definition) is 1. The zero-order valence-electron chi connectivity index (χ0n) is 15.3. The molecule has 1 aromatic carbocycles. The molecule has 1 aliphatic heterocycles. The Bertz CT molecular complexity index is 575. The Hall–Kier alpha value is -1.55. The zero-order chi connectivity index (χ0) is 17.4. The minimum Gasteiger partial charge on any atom is -0.444 e. The molecular weight excluding hydrogens is 300 g/mol. The number of nitrogens with zero attached hydrogens (tertiary/aromatic N) is 1. The predicted molar refractivity (Wildman–Crippen MR) is 95.9 cm³/mol. The summed E-state index contributed by atoms with van der Waals surface area (Å²) >= 11 is 0. The lowest BCUT2D eigenvalue weighted by atomic mass is 9.65. The van der Waals surface area contributed by atoms with Crippen LogP contribution in [0.2, 0.25) is 0 Å². The van der Waals surface area contributed by atoms with Crippen LogP contribution in [0, 0.1) is 5.41 Å². The van der Waals surface area contributed by atoms with Crippen molar-refractivity contribution in [3.05, 3.63) is 35.9 Å². The molecule has 0 aromatic heterocycles. The van der Waals surface area contributed by atoms with E-state index < -0.39 is 5.60 Å². The Morgan fingerprint density at radius 2 is 1.96 bits per heavy atom. The van der Waals surface area contributed by atoms with Gasteiger partial charge in [0, 0.05) is 24.5 Å². The third-order valence-corrected chi connectivity index (χ3v) is 5.54. The van der Waals surface area contributed by atoms with Crippen LogP contribution in [0.15, 0.2) is 30.3 Å². The third-order valence-electron chi connectivity index (χ3n) is 5.54. The number of benzene rings is 1. The molecule has 2 aliphatic rings. The number of amides is 1. The highest BCUT2D eigenvalue weighted by Crippen LogP contribution is 2.49. The maximum Gasteiger partial charge on any atom is 0.407 e. The Balaban J connectivity index is 1.68. The Morgan fingerprint density at radius 3 is 2.50 bits per heavy atom. The molecule has 1 heterocycles. The van der Waals surface area contributed by atoms with Crippen LogP contribution in [0.3, 0.4) is 0 Å². The minimum atomic E-state index is -0.452. The molecule has 1 amide bonds. The second-order valence-electron chi connectivity index (χ2n) is 8.43. The number of rotatable bonds is 3. The van der Waals surface area contributed by atoms with E-state index in [1.807, 2.05) is 20.8 Å². The molecule has 3 rings (SSSR count). The second kappa shape index (κ2) is 6.40. The quantitative estimate of drug-likeness (QED) is 0.906. The van der Waals surface area contributed by atoms with Crippen LogP contribution in [0.5, 0.6) is 0 Å². The van der Waals surface area contributed by atoms with Crippen molar-refractivity contribution in [1.29, 1.82) is 0 Å². The highest BCUT2D eigenvalue weighted by atomic mass is 16.6. The molecule has 1 aliphatic carbocycles. The van der Waals surface area contributed by atoms with E-state index in [1.165, 1.54) is 24.8 Å². The van der Waals surface area contributed by atoms with E-state index in [1.54, 1.807) is 0 Å². The Kier molecular flexibility index (Phi) is 4.60. The monoisotopic (exact) mass is 330 g/mol. The molecular formula is C20H30N2O2. The summed E-state index contributed by atoms with van der Waals surface area (Å²) in [5.41, 5.74) is 1.12. The number of likely N-dealkylation sites (tertiary alicyclic amines) is 1. The number of hydrogen-bond acceptors (Lipinski definition) is 3. The highest BCUT2D eigenvalue weighted by Gasteiger charge is 2.52. The number of nitrogens with one attached hydrogen (secondary N) is 1. The predicted octanol–water partition coefficient (Wildman–Crippen LogP) is 4.13. The van der Waals surface area contributed by atoms with E-state index >= 15 is 0 Å². The van der Waals surface area contributed by atoms with Crippen LogP contribution in [0.25, 0.3) is 0 Å². The molecule has 1 saturated heterocycles. The smallest absolute Gasteiger partial charge is 0.407 e. The van der Waals surface area contributed by atoms with Gasteiger partial charge >= 0.3 is 6.09 Å². The van der Waals surface area contributed by atoms with Crippen molar-refractivity contribution in [3.8, 4) is 0 Å². The van der Waals surface area contributed by atoms with Crippen molar-refractivity contribution in [1.82, 2.24) is 10.2 Å². The van der Waals surface area contributed by atoms with Gasteiger partial charge in [0.2, 0.25) is 0 Å². The first-order valence-electron chi connectivity index (χ1n) is 9.08. The van der Waals surface area contributed by atoms with Gasteiger partial charge in [-0.25, -0.2) is 4.79 Å². The van der Waals surface area contributed by atoms with Crippen LogP contribution >= 0.6 is 0 Å². The van der Waals surface area contributed by atoms with E-state index in [0.29, 0.717) is 6.04 Å². The summed E-state index contributed by atoms with van der Waals surface area (Å²) in [6, 6.07) is 11.2. The van der Waals surface area contributed by atoms with Gasteiger partial charge in [-0.05, 0) is 46.1 Å². The van der Waals surface area contributed by atoms with Crippen LogP contribution in [-0.4, -0.2) is 35.7 Å². The molecule has 2 atom stereocenters. The standard InChI is InChI=1S/C20H30N2O2/c1-15(16-9-6-5-7-10-16)22-13-17(20(14-22)11-8-12-20)21-18(23)24-19(2,3)4/h5-7,9-10,15,17H,8,11-14H2,1-4H3,(H,21,23)/t15-,17?/m1/s1. The first-order chi connectivity index (χ1) is 11.3. The molecule has 1 saturated carbocycles. The largest absolute Gasteiger partial charge is 0.444 e. The molecule has 0 radical (unpaired) electrons. The average Bonchev–Trinajstić information content (AvgIpc) is 2.85. The van der Waals surface area contributed by atoms with E-state index in [2.05, 4.69) is 47.5 Å². The lowest BCUT2D eigenvalue weighted by molar-refractivity contribution is 0.0402. The van der Waals surface area contributed by atoms with E-state index in [4.69, 9.17) is 4.74 Å². The summed E-state index contributed by atoms with van der Waals surface area (Å²) in [4.78, 5) is 14.7. The van der Waals surface area contributed by atoms with Gasteiger partial charge < -0.3 is 10.1 Å². The molecule has 4 nitrogen and oxygen atoms in total. The van der Waals surface area contributed by atoms with Crippen LogP contribution < -0.4 is 5.32 Å². The van der Waals surface area contributed by atoms with Gasteiger partial charge in [0.15, 0.2) is 0 Å². The minimum absolute atomic E-state index is 0.187. The maximum atomic E-state index is 12.2. The lowest BCUT2D eigenvalue weighted by Gasteiger charge is -2.43. The molecule has 2 fully saturated rings. The van der Waals surface area contributed by atoms with Crippen LogP contribution in [0.4, 0.5) is 4.79 Å². The number of carbonyl (C=O) groups excluding carboxylic acids is 1. The molecule has 24 heavy (non-hydrogen) atoms. The van der Waals surface area contributed by atoms with Gasteiger partial charge in [0.1, 0.15) is 5.60 Å². The van der Waals surface area contributed by atoms with Gasteiger partial charge in [-0.2, -0.15) is 0 Å². The zero-order valence-corrected chi connectivity index (χ0v) is 15.3. The Labute approximate surface area is 145 Å². The maximum absolute atomic E-state index is 12.2. The molecule has 0 bridgehead atoms. The fourth-order valence-corrected chi connectivity index (χ4v) is 4.03. The van der Waals surface area contributed by atoms with E-state index in [-0.39, 0.29) is 17.6 Å². The van der Waals surface area contributed by atoms with Gasteiger partial charge in [0.25, 0.3) is 0 Å². The second-order valence-corrected chi connectivity index (χ2v) is 8.43. The van der Waals surface area contributed by atoms with Gasteiger partial charge in [-0.15, -0.1) is 0 Å². The van der Waals surface area contributed by atoms with Crippen molar-refractivity contribution >= 4 is 6.09 Å². The molecule has 4 heteroatoms. The van der Waals surface area contributed by atoms with Crippen LogP contribution in [0.1, 0.15) is 58.6 Å². The lowest BCUT2D eigenvalue weighted by Crippen LogP contribution is -2.51. The fraction of sp³-hybridized carbons (Fsp3) is 0.650. The van der Waals surface area contributed by atoms with Crippen molar-refractivity contribution < 1.29 is 9.53 Å². The summed E-state index contributed by atoms with van der Waals surface area (Å²) in [5, 5.41) is 3.16. The Morgan fingerprint density at radius 1 is 1.29 bits per heavy atom. The van der Waals surface area contributed by atoms with Gasteiger partial charge in [-0.3, -0.25) is 4.90 Å². The molecule has 1 spiro atoms. The SMILES string of the molecule is C[C@H](c1ccccc1)N1CC(NC(=O)OC(C)(C)C)C2(CCC2)C1. The van der Waals surface area contributed by atoms with Crippen molar-refractivity contribution in [3.63, 3.8) is 0 Å². The molecule has 1 N–H and O–H groups in total. The topological polar surface area (TPSA) is 41.6 Å². The summed E-state index contributed by atoms with van der Waals surface area (Å²) in [6.07, 6.45) is 3.38. The number of ether oxygens (including phenoxy) is 1. The fourth-order valence-electron chi connectivity index (χ4n) is 4.03. The van der Waals surface area contributed by atoms with Crippen LogP contribution in [-0.2, 0) is 4.74 Å². The van der Waals surface area contributed by atoms with Crippen molar-refractivity contribution in [2.75, 3.05) is 13.1 Å². The first kappa shape index (κ1) is 17.3. The molecule has 1 aromatic rings. The summed E-state index contributed by atoms with van der Waals surface area (Å²) in [6.45, 7) is 9.94. The van der Waals surface area contributed by atoms with Gasteiger partial charge in [-0.1, -0.05) is 36.8 Å². The van der Waals surface area contributed by atoms with Crippen molar-refractivity contribution in [2.45, 2.75) is 64.6 Å². The molecule has 132 valence electrons. The van der Waals surface area contributed by atoms with E-state index in [0.717, 1.165) is 13.1 Å². The average molecular weight is 330 g/mol.